The first-order valence-electron chi connectivity index (χ1n) is 10.2. The Kier molecular flexibility index (Phi) is 5.89. The van der Waals surface area contributed by atoms with Crippen LogP contribution in [0.5, 0.6) is 11.5 Å². The molecule has 7 heteroatoms. The molecule has 0 spiro atoms. The van der Waals surface area contributed by atoms with Crippen molar-refractivity contribution in [3.8, 4) is 17.2 Å². The van der Waals surface area contributed by atoms with Crippen molar-refractivity contribution in [1.29, 1.82) is 0 Å². The van der Waals surface area contributed by atoms with Gasteiger partial charge in [0.25, 0.3) is 11.5 Å². The zero-order chi connectivity index (χ0) is 22.7. The fourth-order valence-corrected chi connectivity index (χ4v) is 3.46. The molecule has 0 radical (unpaired) electrons. The third-order valence-corrected chi connectivity index (χ3v) is 5.22. The highest BCUT2D eigenvalue weighted by Gasteiger charge is 2.18. The van der Waals surface area contributed by atoms with E-state index in [1.807, 2.05) is 24.3 Å². The average molecular weight is 429 g/mol. The van der Waals surface area contributed by atoms with E-state index in [0.717, 1.165) is 6.42 Å². The van der Waals surface area contributed by atoms with Crippen molar-refractivity contribution in [2.75, 3.05) is 19.5 Å². The zero-order valence-corrected chi connectivity index (χ0v) is 18.1. The van der Waals surface area contributed by atoms with Crippen molar-refractivity contribution in [3.63, 3.8) is 0 Å². The van der Waals surface area contributed by atoms with Gasteiger partial charge in [0.05, 0.1) is 25.3 Å². The number of carbonyl (C=O) groups is 1. The van der Waals surface area contributed by atoms with E-state index in [1.165, 1.54) is 24.5 Å². The summed E-state index contributed by atoms with van der Waals surface area (Å²) in [5.74, 6) is 0.598. The molecule has 0 saturated carbocycles. The Morgan fingerprint density at radius 3 is 2.16 bits per heavy atom. The van der Waals surface area contributed by atoms with Crippen LogP contribution in [0.1, 0.15) is 23.0 Å². The summed E-state index contributed by atoms with van der Waals surface area (Å²) < 4.78 is 11.8. The third-order valence-electron chi connectivity index (χ3n) is 5.22. The van der Waals surface area contributed by atoms with Crippen LogP contribution in [0.3, 0.4) is 0 Å². The highest BCUT2D eigenvalue weighted by atomic mass is 16.5. The van der Waals surface area contributed by atoms with Gasteiger partial charge in [0.1, 0.15) is 11.5 Å². The molecule has 1 N–H and O–H groups in total. The van der Waals surface area contributed by atoms with Gasteiger partial charge in [-0.3, -0.25) is 9.59 Å². The second-order valence-corrected chi connectivity index (χ2v) is 7.19. The van der Waals surface area contributed by atoms with E-state index in [2.05, 4.69) is 17.3 Å². The van der Waals surface area contributed by atoms with Crippen LogP contribution in [0, 0.1) is 0 Å². The van der Waals surface area contributed by atoms with Crippen molar-refractivity contribution in [2.45, 2.75) is 13.3 Å². The number of rotatable bonds is 6. The van der Waals surface area contributed by atoms with Crippen molar-refractivity contribution >= 4 is 22.4 Å². The third kappa shape index (κ3) is 4.05. The molecular weight excluding hydrogens is 406 g/mol. The number of hydrogen-bond acceptors (Lipinski definition) is 5. The van der Waals surface area contributed by atoms with Gasteiger partial charge < -0.3 is 14.8 Å². The Labute approximate surface area is 185 Å². The summed E-state index contributed by atoms with van der Waals surface area (Å²) in [4.78, 5) is 26.4. The van der Waals surface area contributed by atoms with Crippen LogP contribution in [0.15, 0.2) is 71.5 Å². The van der Waals surface area contributed by atoms with Crippen LogP contribution in [-0.2, 0) is 6.42 Å². The Morgan fingerprint density at radius 2 is 1.56 bits per heavy atom. The Morgan fingerprint density at radius 1 is 0.938 bits per heavy atom. The van der Waals surface area contributed by atoms with E-state index in [0.29, 0.717) is 33.6 Å². The number of nitrogens with zero attached hydrogens (tertiary/aromatic N) is 2. The standard InChI is InChI=1S/C25H23N3O4/c1-4-16-9-11-17(12-10-16)26-24(29)23-21-7-5-6-8-22(21)25(30)28(27-23)18-13-19(31-2)15-20(14-18)32-3/h5-15H,4H2,1-3H3,(H,26,29). The van der Waals surface area contributed by atoms with E-state index in [4.69, 9.17) is 9.47 Å². The van der Waals surface area contributed by atoms with Crippen molar-refractivity contribution < 1.29 is 14.3 Å². The molecule has 0 atom stereocenters. The first-order valence-corrected chi connectivity index (χ1v) is 10.2. The Hall–Kier alpha value is -4.13. The van der Waals surface area contributed by atoms with E-state index in [1.54, 1.807) is 42.5 Å². The fraction of sp³-hybridized carbons (Fsp3) is 0.160. The topological polar surface area (TPSA) is 82.5 Å². The Balaban J connectivity index is 1.85. The van der Waals surface area contributed by atoms with Crippen LogP contribution < -0.4 is 20.3 Å². The predicted octanol–water partition coefficient (Wildman–Crippen LogP) is 4.22. The minimum Gasteiger partial charge on any atom is -0.497 e. The molecule has 1 amide bonds. The number of ether oxygens (including phenoxy) is 2. The van der Waals surface area contributed by atoms with Gasteiger partial charge in [-0.15, -0.1) is 0 Å². The number of hydrogen-bond donors (Lipinski definition) is 1. The molecule has 4 aromatic rings. The van der Waals surface area contributed by atoms with E-state index in [-0.39, 0.29) is 11.3 Å². The quantitative estimate of drug-likeness (QED) is 0.496. The summed E-state index contributed by atoms with van der Waals surface area (Å²) in [5, 5.41) is 8.17. The number of aromatic nitrogens is 2. The van der Waals surface area contributed by atoms with Crippen molar-refractivity contribution in [3.05, 3.63) is 88.3 Å². The summed E-state index contributed by atoms with van der Waals surface area (Å²) >= 11 is 0. The molecule has 0 aliphatic carbocycles. The molecule has 0 aliphatic heterocycles. The summed E-state index contributed by atoms with van der Waals surface area (Å²) in [6, 6.07) is 19.6. The maximum Gasteiger partial charge on any atom is 0.279 e. The van der Waals surface area contributed by atoms with E-state index < -0.39 is 5.91 Å². The number of benzene rings is 3. The van der Waals surface area contributed by atoms with Gasteiger partial charge in [0.2, 0.25) is 0 Å². The van der Waals surface area contributed by atoms with Crippen molar-refractivity contribution in [2.24, 2.45) is 0 Å². The number of anilines is 1. The molecule has 1 heterocycles. The molecule has 162 valence electrons. The molecule has 0 fully saturated rings. The molecule has 4 rings (SSSR count). The predicted molar refractivity (Wildman–Crippen MR) is 124 cm³/mol. The van der Waals surface area contributed by atoms with Gasteiger partial charge in [0.15, 0.2) is 5.69 Å². The fourth-order valence-electron chi connectivity index (χ4n) is 3.46. The second-order valence-electron chi connectivity index (χ2n) is 7.19. The van der Waals surface area contributed by atoms with Gasteiger partial charge in [0, 0.05) is 29.3 Å². The van der Waals surface area contributed by atoms with Crippen LogP contribution >= 0.6 is 0 Å². The maximum atomic E-state index is 13.2. The lowest BCUT2D eigenvalue weighted by molar-refractivity contribution is 0.102. The van der Waals surface area contributed by atoms with Gasteiger partial charge >= 0.3 is 0 Å². The number of fused-ring (bicyclic) bond motifs is 1. The van der Waals surface area contributed by atoms with Gasteiger partial charge in [-0.2, -0.15) is 9.78 Å². The molecule has 0 bridgehead atoms. The normalized spacial score (nSPS) is 10.7. The highest BCUT2D eigenvalue weighted by Crippen LogP contribution is 2.25. The largest absolute Gasteiger partial charge is 0.497 e. The SMILES string of the molecule is CCc1ccc(NC(=O)c2nn(-c3cc(OC)cc(OC)c3)c(=O)c3ccccc23)cc1. The number of methoxy groups -OCH3 is 2. The summed E-state index contributed by atoms with van der Waals surface area (Å²) in [7, 11) is 3.05. The minimum atomic E-state index is -0.408. The number of amides is 1. The molecule has 1 aromatic heterocycles. The number of nitrogens with one attached hydrogen (secondary N) is 1. The second kappa shape index (κ2) is 8.93. The smallest absolute Gasteiger partial charge is 0.279 e. The molecule has 0 aliphatic rings. The first kappa shape index (κ1) is 21.1. The average Bonchev–Trinajstić information content (AvgIpc) is 2.84. The molecule has 0 unspecified atom stereocenters. The lowest BCUT2D eigenvalue weighted by Gasteiger charge is -2.13. The zero-order valence-electron chi connectivity index (χ0n) is 18.1. The molecular formula is C25H23N3O4. The number of aryl methyl sites for hydroxylation is 1. The first-order chi connectivity index (χ1) is 15.5. The Bertz CT molecular complexity index is 1320. The van der Waals surface area contributed by atoms with Gasteiger partial charge in [-0.25, -0.2) is 0 Å². The van der Waals surface area contributed by atoms with Crippen LogP contribution in [-0.4, -0.2) is 29.9 Å². The van der Waals surface area contributed by atoms with E-state index >= 15 is 0 Å². The van der Waals surface area contributed by atoms with Gasteiger partial charge in [-0.1, -0.05) is 37.3 Å². The molecule has 3 aromatic carbocycles. The van der Waals surface area contributed by atoms with Gasteiger partial charge in [-0.05, 0) is 30.2 Å². The number of carbonyl (C=O) groups excluding carboxylic acids is 1. The molecule has 7 nitrogen and oxygen atoms in total. The summed E-state index contributed by atoms with van der Waals surface area (Å²) in [6.07, 6.45) is 0.912. The van der Waals surface area contributed by atoms with Crippen LogP contribution in [0.25, 0.3) is 16.5 Å². The maximum absolute atomic E-state index is 13.2. The van der Waals surface area contributed by atoms with Crippen LogP contribution in [0.4, 0.5) is 5.69 Å². The molecule has 0 saturated heterocycles. The monoisotopic (exact) mass is 429 g/mol. The van der Waals surface area contributed by atoms with Crippen LogP contribution in [0.2, 0.25) is 0 Å². The lowest BCUT2D eigenvalue weighted by Crippen LogP contribution is -2.26. The minimum absolute atomic E-state index is 0.140. The van der Waals surface area contributed by atoms with Crippen molar-refractivity contribution in [1.82, 2.24) is 9.78 Å². The molecule has 32 heavy (non-hydrogen) atoms. The lowest BCUT2D eigenvalue weighted by atomic mass is 10.1. The van der Waals surface area contributed by atoms with E-state index in [9.17, 15) is 9.59 Å². The highest BCUT2D eigenvalue weighted by molar-refractivity contribution is 6.11. The summed E-state index contributed by atoms with van der Waals surface area (Å²) in [5.41, 5.74) is 2.05. The summed E-state index contributed by atoms with van der Waals surface area (Å²) in [6.45, 7) is 2.07.